The van der Waals surface area contributed by atoms with Crippen LogP contribution < -0.4 is 0 Å². The van der Waals surface area contributed by atoms with E-state index in [2.05, 4.69) is 0 Å². The molecule has 6 nitrogen and oxygen atoms in total. The first-order chi connectivity index (χ1) is 9.32. The lowest BCUT2D eigenvalue weighted by molar-refractivity contribution is -0.150. The number of esters is 1. The quantitative estimate of drug-likeness (QED) is 0.690. The number of aliphatic hydroxyl groups is 1. The lowest BCUT2D eigenvalue weighted by Gasteiger charge is -2.34. The SMILES string of the molecule is CCOC(=O)C1CCC(O)(CS(=O)(=O)CCOC)CC1. The molecular weight excluding hydrogens is 284 g/mol. The molecule has 1 N–H and O–H groups in total. The van der Waals surface area contributed by atoms with Crippen LogP contribution in [0.1, 0.15) is 32.6 Å². The Kier molecular flexibility index (Phi) is 6.42. The largest absolute Gasteiger partial charge is 0.466 e. The number of sulfone groups is 1. The number of rotatable bonds is 7. The van der Waals surface area contributed by atoms with Gasteiger partial charge in [0.25, 0.3) is 0 Å². The van der Waals surface area contributed by atoms with Crippen LogP contribution in [0.15, 0.2) is 0 Å². The zero-order chi connectivity index (χ0) is 15.2. The molecule has 118 valence electrons. The van der Waals surface area contributed by atoms with E-state index in [1.54, 1.807) is 6.92 Å². The summed E-state index contributed by atoms with van der Waals surface area (Å²) in [7, 11) is -1.90. The Bertz CT molecular complexity index is 409. The fraction of sp³-hybridized carbons (Fsp3) is 0.923. The second-order valence-corrected chi connectivity index (χ2v) is 7.52. The average molecular weight is 308 g/mol. The Labute approximate surface area is 120 Å². The molecular formula is C13H24O6S. The maximum Gasteiger partial charge on any atom is 0.308 e. The Balaban J connectivity index is 2.51. The second-order valence-electron chi connectivity index (χ2n) is 5.34. The molecule has 0 unspecified atom stereocenters. The fourth-order valence-electron chi connectivity index (χ4n) is 2.49. The van der Waals surface area contributed by atoms with E-state index >= 15 is 0 Å². The van der Waals surface area contributed by atoms with Gasteiger partial charge in [-0.25, -0.2) is 8.42 Å². The summed E-state index contributed by atoms with van der Waals surface area (Å²) in [5.41, 5.74) is -1.23. The normalized spacial score (nSPS) is 27.2. The van der Waals surface area contributed by atoms with E-state index in [1.165, 1.54) is 7.11 Å². The summed E-state index contributed by atoms with van der Waals surface area (Å²) >= 11 is 0. The molecule has 0 atom stereocenters. The van der Waals surface area contributed by atoms with E-state index in [1.807, 2.05) is 0 Å². The van der Waals surface area contributed by atoms with Crippen molar-refractivity contribution in [3.05, 3.63) is 0 Å². The topological polar surface area (TPSA) is 89.9 Å². The molecule has 0 saturated heterocycles. The van der Waals surface area contributed by atoms with E-state index in [0.29, 0.717) is 32.3 Å². The summed E-state index contributed by atoms with van der Waals surface area (Å²) in [5.74, 6) is -0.833. The van der Waals surface area contributed by atoms with Crippen LogP contribution in [0.5, 0.6) is 0 Å². The molecule has 1 saturated carbocycles. The monoisotopic (exact) mass is 308 g/mol. The van der Waals surface area contributed by atoms with Crippen molar-refractivity contribution >= 4 is 15.8 Å². The molecule has 0 radical (unpaired) electrons. The van der Waals surface area contributed by atoms with Gasteiger partial charge in [-0.1, -0.05) is 0 Å². The molecule has 1 aliphatic carbocycles. The van der Waals surface area contributed by atoms with Crippen molar-refractivity contribution < 1.29 is 27.8 Å². The van der Waals surface area contributed by atoms with Crippen molar-refractivity contribution in [1.29, 1.82) is 0 Å². The summed E-state index contributed by atoms with van der Waals surface area (Å²) in [4.78, 5) is 11.6. The maximum absolute atomic E-state index is 11.8. The molecule has 1 fully saturated rings. The summed E-state index contributed by atoms with van der Waals surface area (Å²) in [5, 5.41) is 10.4. The second kappa shape index (κ2) is 7.38. The molecule has 0 aromatic rings. The molecule has 0 aromatic heterocycles. The van der Waals surface area contributed by atoms with Gasteiger partial charge in [-0.15, -0.1) is 0 Å². The van der Waals surface area contributed by atoms with E-state index in [0.717, 1.165) is 0 Å². The van der Waals surface area contributed by atoms with Gasteiger partial charge in [-0.3, -0.25) is 4.79 Å². The highest BCUT2D eigenvalue weighted by Crippen LogP contribution is 2.33. The molecule has 0 aliphatic heterocycles. The van der Waals surface area contributed by atoms with Crippen LogP contribution in [0.25, 0.3) is 0 Å². The summed E-state index contributed by atoms with van der Waals surface area (Å²) in [6.45, 7) is 2.22. The van der Waals surface area contributed by atoms with Gasteiger partial charge in [-0.05, 0) is 32.6 Å². The zero-order valence-electron chi connectivity index (χ0n) is 12.1. The van der Waals surface area contributed by atoms with Crippen LogP contribution in [0.4, 0.5) is 0 Å². The summed E-state index contributed by atoms with van der Waals surface area (Å²) in [6, 6.07) is 0. The molecule has 0 heterocycles. The van der Waals surface area contributed by atoms with E-state index in [9.17, 15) is 18.3 Å². The average Bonchev–Trinajstić information content (AvgIpc) is 2.36. The Morgan fingerprint density at radius 3 is 2.45 bits per heavy atom. The smallest absolute Gasteiger partial charge is 0.308 e. The standard InChI is InChI=1S/C13H24O6S/c1-3-19-12(14)11-4-6-13(15,7-5-11)10-20(16,17)9-8-18-2/h11,15H,3-10H2,1-2H3. The van der Waals surface area contributed by atoms with Crippen LogP contribution in [-0.2, 0) is 24.1 Å². The Morgan fingerprint density at radius 1 is 1.35 bits per heavy atom. The Hall–Kier alpha value is -0.660. The molecule has 0 amide bonds. The van der Waals surface area contributed by atoms with Crippen LogP contribution in [0.3, 0.4) is 0 Å². The van der Waals surface area contributed by atoms with E-state index < -0.39 is 15.4 Å². The van der Waals surface area contributed by atoms with Crippen LogP contribution in [0, 0.1) is 5.92 Å². The van der Waals surface area contributed by atoms with Gasteiger partial charge in [0, 0.05) is 7.11 Å². The molecule has 1 aliphatic rings. The molecule has 1 rings (SSSR count). The Morgan fingerprint density at radius 2 is 1.95 bits per heavy atom. The van der Waals surface area contributed by atoms with Crippen molar-refractivity contribution in [2.45, 2.75) is 38.2 Å². The van der Waals surface area contributed by atoms with Crippen LogP contribution >= 0.6 is 0 Å². The number of hydrogen-bond donors (Lipinski definition) is 1. The molecule has 7 heteroatoms. The van der Waals surface area contributed by atoms with Crippen molar-refractivity contribution in [3.63, 3.8) is 0 Å². The highest BCUT2D eigenvalue weighted by molar-refractivity contribution is 7.91. The first kappa shape index (κ1) is 17.4. The van der Waals surface area contributed by atoms with E-state index in [4.69, 9.17) is 9.47 Å². The first-order valence-corrected chi connectivity index (χ1v) is 8.72. The fourth-order valence-corrected chi connectivity index (χ4v) is 4.16. The van der Waals surface area contributed by atoms with Crippen molar-refractivity contribution in [2.75, 3.05) is 31.8 Å². The third-order valence-corrected chi connectivity index (χ3v) is 5.39. The summed E-state index contributed by atoms with van der Waals surface area (Å²) < 4.78 is 33.4. The van der Waals surface area contributed by atoms with Crippen molar-refractivity contribution in [1.82, 2.24) is 0 Å². The van der Waals surface area contributed by atoms with Crippen molar-refractivity contribution in [2.24, 2.45) is 5.92 Å². The predicted molar refractivity (Wildman–Crippen MR) is 74.1 cm³/mol. The number of ether oxygens (including phenoxy) is 2. The van der Waals surface area contributed by atoms with Gasteiger partial charge in [0.2, 0.25) is 0 Å². The predicted octanol–water partition coefficient (Wildman–Crippen LogP) is 0.532. The minimum atomic E-state index is -3.34. The molecule has 20 heavy (non-hydrogen) atoms. The van der Waals surface area contributed by atoms with Crippen LogP contribution in [-0.4, -0.2) is 56.9 Å². The van der Waals surface area contributed by atoms with Crippen LogP contribution in [0.2, 0.25) is 0 Å². The third kappa shape index (κ3) is 5.38. The van der Waals surface area contributed by atoms with Gasteiger partial charge in [0.15, 0.2) is 9.84 Å². The van der Waals surface area contributed by atoms with Gasteiger partial charge < -0.3 is 14.6 Å². The highest BCUT2D eigenvalue weighted by Gasteiger charge is 2.39. The van der Waals surface area contributed by atoms with Gasteiger partial charge >= 0.3 is 5.97 Å². The third-order valence-electron chi connectivity index (χ3n) is 3.62. The lowest BCUT2D eigenvalue weighted by Crippen LogP contribution is -2.43. The number of methoxy groups -OCH3 is 1. The van der Waals surface area contributed by atoms with Gasteiger partial charge in [0.1, 0.15) is 0 Å². The highest BCUT2D eigenvalue weighted by atomic mass is 32.2. The van der Waals surface area contributed by atoms with Crippen molar-refractivity contribution in [3.8, 4) is 0 Å². The zero-order valence-corrected chi connectivity index (χ0v) is 12.9. The maximum atomic E-state index is 11.8. The number of carbonyl (C=O) groups excluding carboxylic acids is 1. The van der Waals surface area contributed by atoms with Gasteiger partial charge in [-0.2, -0.15) is 0 Å². The van der Waals surface area contributed by atoms with E-state index in [-0.39, 0.29) is 30.0 Å². The number of carbonyl (C=O) groups is 1. The minimum Gasteiger partial charge on any atom is -0.466 e. The molecule has 0 spiro atoms. The van der Waals surface area contributed by atoms with Gasteiger partial charge in [0.05, 0.1) is 36.2 Å². The number of hydrogen-bond acceptors (Lipinski definition) is 6. The lowest BCUT2D eigenvalue weighted by atomic mass is 9.80. The first-order valence-electron chi connectivity index (χ1n) is 6.90. The summed E-state index contributed by atoms with van der Waals surface area (Å²) in [6.07, 6.45) is 1.55. The molecule has 0 aromatic carbocycles. The molecule has 0 bridgehead atoms. The minimum absolute atomic E-state index is 0.0902.